The van der Waals surface area contributed by atoms with Gasteiger partial charge in [-0.1, -0.05) is 20.8 Å². The number of carbonyl (C=O) groups excluding carboxylic acids is 1. The van der Waals surface area contributed by atoms with Crippen molar-refractivity contribution in [1.82, 2.24) is 0 Å². The molecule has 3 nitrogen and oxygen atoms in total. The molecular formula is C13H24O3. The van der Waals surface area contributed by atoms with Gasteiger partial charge in [-0.05, 0) is 32.1 Å². The molecule has 0 aromatic rings. The summed E-state index contributed by atoms with van der Waals surface area (Å²) in [5.74, 6) is -0.144. The molecule has 94 valence electrons. The summed E-state index contributed by atoms with van der Waals surface area (Å²) in [4.78, 5) is 12.0. The molecule has 16 heavy (non-hydrogen) atoms. The highest BCUT2D eigenvalue weighted by molar-refractivity contribution is 5.76. The second-order valence-corrected chi connectivity index (χ2v) is 6.47. The number of rotatable bonds is 3. The van der Waals surface area contributed by atoms with Gasteiger partial charge in [-0.15, -0.1) is 0 Å². The molecule has 0 bridgehead atoms. The number of esters is 1. The maximum absolute atomic E-state index is 12.0. The first kappa shape index (κ1) is 13.5. The van der Waals surface area contributed by atoms with E-state index in [9.17, 15) is 4.79 Å². The Morgan fingerprint density at radius 3 is 2.38 bits per heavy atom. The summed E-state index contributed by atoms with van der Waals surface area (Å²) < 4.78 is 10.7. The summed E-state index contributed by atoms with van der Waals surface area (Å²) in [7, 11) is 0. The van der Waals surface area contributed by atoms with Crippen LogP contribution in [-0.2, 0) is 14.3 Å². The Bertz CT molecular complexity index is 244. The highest BCUT2D eigenvalue weighted by atomic mass is 16.7. The maximum Gasteiger partial charge on any atom is 0.313 e. The predicted octanol–water partition coefficient (Wildman–Crippen LogP) is 3.13. The van der Waals surface area contributed by atoms with Gasteiger partial charge in [0.05, 0.1) is 12.0 Å². The first-order valence-electron chi connectivity index (χ1n) is 6.03. The molecule has 0 spiro atoms. The van der Waals surface area contributed by atoms with Gasteiger partial charge in [0.2, 0.25) is 6.29 Å². The van der Waals surface area contributed by atoms with Crippen molar-refractivity contribution in [3.63, 3.8) is 0 Å². The number of hydrogen-bond acceptors (Lipinski definition) is 3. The van der Waals surface area contributed by atoms with E-state index in [1.165, 1.54) is 0 Å². The lowest BCUT2D eigenvalue weighted by atomic mass is 9.76. The van der Waals surface area contributed by atoms with Crippen LogP contribution in [0.5, 0.6) is 0 Å². The van der Waals surface area contributed by atoms with Crippen LogP contribution in [0, 0.1) is 10.8 Å². The van der Waals surface area contributed by atoms with Gasteiger partial charge in [0, 0.05) is 6.42 Å². The van der Waals surface area contributed by atoms with E-state index in [0.29, 0.717) is 6.61 Å². The lowest BCUT2D eigenvalue weighted by molar-refractivity contribution is -0.181. The molecule has 1 aliphatic rings. The molecule has 3 heteroatoms. The van der Waals surface area contributed by atoms with Crippen LogP contribution in [-0.4, -0.2) is 18.9 Å². The molecule has 0 saturated carbocycles. The topological polar surface area (TPSA) is 35.5 Å². The molecule has 1 unspecified atom stereocenters. The minimum Gasteiger partial charge on any atom is -0.435 e. The van der Waals surface area contributed by atoms with E-state index >= 15 is 0 Å². The molecule has 0 N–H and O–H groups in total. The summed E-state index contributed by atoms with van der Waals surface area (Å²) in [6.45, 7) is 11.0. The lowest BCUT2D eigenvalue weighted by Crippen LogP contribution is -2.33. The van der Waals surface area contributed by atoms with Crippen LogP contribution in [0.3, 0.4) is 0 Å². The number of hydrogen-bond donors (Lipinski definition) is 0. The van der Waals surface area contributed by atoms with Gasteiger partial charge in [-0.2, -0.15) is 0 Å². The SMILES string of the molecule is CC(C)(C)CC(C)(C)C(=O)OC1CCCO1. The van der Waals surface area contributed by atoms with Crippen molar-refractivity contribution in [2.24, 2.45) is 10.8 Å². The molecule has 1 fully saturated rings. The van der Waals surface area contributed by atoms with E-state index in [1.54, 1.807) is 0 Å². The minimum atomic E-state index is -0.440. The molecule has 0 aromatic heterocycles. The second kappa shape index (κ2) is 4.74. The Morgan fingerprint density at radius 1 is 1.31 bits per heavy atom. The van der Waals surface area contributed by atoms with Gasteiger partial charge in [0.1, 0.15) is 0 Å². The fourth-order valence-corrected chi connectivity index (χ4v) is 2.32. The van der Waals surface area contributed by atoms with E-state index in [2.05, 4.69) is 20.8 Å². The normalized spacial score (nSPS) is 22.2. The third-order valence-electron chi connectivity index (χ3n) is 2.65. The molecule has 0 amide bonds. The summed E-state index contributed by atoms with van der Waals surface area (Å²) >= 11 is 0. The van der Waals surface area contributed by atoms with Crippen LogP contribution in [0.25, 0.3) is 0 Å². The zero-order chi connectivity index (χ0) is 12.4. The van der Waals surface area contributed by atoms with Crippen LogP contribution in [0.1, 0.15) is 53.9 Å². The van der Waals surface area contributed by atoms with Crippen LogP contribution in [0.2, 0.25) is 0 Å². The maximum atomic E-state index is 12.0. The quantitative estimate of drug-likeness (QED) is 0.696. The fraction of sp³-hybridized carbons (Fsp3) is 0.923. The predicted molar refractivity (Wildman–Crippen MR) is 62.9 cm³/mol. The summed E-state index contributed by atoms with van der Waals surface area (Å²) in [6.07, 6.45) is 2.31. The Morgan fingerprint density at radius 2 is 1.94 bits per heavy atom. The molecule has 0 radical (unpaired) electrons. The molecular weight excluding hydrogens is 204 g/mol. The standard InChI is InChI=1S/C13H24O3/c1-12(2,3)9-13(4,5)11(14)16-10-7-6-8-15-10/h10H,6-9H2,1-5H3. The third-order valence-corrected chi connectivity index (χ3v) is 2.65. The largest absolute Gasteiger partial charge is 0.435 e. The van der Waals surface area contributed by atoms with Crippen molar-refractivity contribution >= 4 is 5.97 Å². The average molecular weight is 228 g/mol. The minimum absolute atomic E-state index is 0.124. The van der Waals surface area contributed by atoms with E-state index < -0.39 is 5.41 Å². The van der Waals surface area contributed by atoms with Gasteiger partial charge >= 0.3 is 5.97 Å². The Hall–Kier alpha value is -0.570. The molecule has 1 rings (SSSR count). The van der Waals surface area contributed by atoms with Crippen LogP contribution < -0.4 is 0 Å². The number of ether oxygens (including phenoxy) is 2. The molecule has 1 heterocycles. The van der Waals surface area contributed by atoms with Crippen LogP contribution in [0.4, 0.5) is 0 Å². The zero-order valence-electron chi connectivity index (χ0n) is 11.1. The van der Waals surface area contributed by atoms with Crippen molar-refractivity contribution in [3.05, 3.63) is 0 Å². The van der Waals surface area contributed by atoms with E-state index in [4.69, 9.17) is 9.47 Å². The smallest absolute Gasteiger partial charge is 0.313 e. The summed E-state index contributed by atoms with van der Waals surface area (Å²) in [5.41, 5.74) is -0.316. The molecule has 1 saturated heterocycles. The fourth-order valence-electron chi connectivity index (χ4n) is 2.32. The third kappa shape index (κ3) is 4.12. The summed E-state index contributed by atoms with van der Waals surface area (Å²) in [5, 5.41) is 0. The van der Waals surface area contributed by atoms with E-state index in [1.807, 2.05) is 13.8 Å². The van der Waals surface area contributed by atoms with E-state index in [-0.39, 0.29) is 17.7 Å². The van der Waals surface area contributed by atoms with Crippen molar-refractivity contribution in [3.8, 4) is 0 Å². The molecule has 0 aromatic carbocycles. The van der Waals surface area contributed by atoms with Crippen molar-refractivity contribution in [2.75, 3.05) is 6.61 Å². The Balaban J connectivity index is 2.50. The van der Waals surface area contributed by atoms with Gasteiger partial charge < -0.3 is 9.47 Å². The van der Waals surface area contributed by atoms with Gasteiger partial charge in [-0.3, -0.25) is 4.79 Å². The Labute approximate surface area is 98.5 Å². The van der Waals surface area contributed by atoms with Gasteiger partial charge in [0.15, 0.2) is 0 Å². The van der Waals surface area contributed by atoms with Crippen molar-refractivity contribution in [2.45, 2.75) is 60.2 Å². The van der Waals surface area contributed by atoms with Crippen molar-refractivity contribution < 1.29 is 14.3 Å². The first-order chi connectivity index (χ1) is 7.21. The highest BCUT2D eigenvalue weighted by Crippen LogP contribution is 2.34. The molecule has 1 atom stereocenters. The molecule has 0 aliphatic carbocycles. The second-order valence-electron chi connectivity index (χ2n) is 6.47. The zero-order valence-corrected chi connectivity index (χ0v) is 11.1. The van der Waals surface area contributed by atoms with Crippen LogP contribution in [0.15, 0.2) is 0 Å². The average Bonchev–Trinajstić information content (AvgIpc) is 2.51. The highest BCUT2D eigenvalue weighted by Gasteiger charge is 2.36. The lowest BCUT2D eigenvalue weighted by Gasteiger charge is -2.31. The Kier molecular flexibility index (Phi) is 4.00. The van der Waals surface area contributed by atoms with E-state index in [0.717, 1.165) is 19.3 Å². The molecule has 1 aliphatic heterocycles. The summed E-state index contributed by atoms with van der Waals surface area (Å²) in [6, 6.07) is 0. The van der Waals surface area contributed by atoms with Crippen LogP contribution >= 0.6 is 0 Å². The monoisotopic (exact) mass is 228 g/mol. The number of carbonyl (C=O) groups is 1. The van der Waals surface area contributed by atoms with Gasteiger partial charge in [0.25, 0.3) is 0 Å². The van der Waals surface area contributed by atoms with Crippen molar-refractivity contribution in [1.29, 1.82) is 0 Å². The first-order valence-corrected chi connectivity index (χ1v) is 6.03. The van der Waals surface area contributed by atoms with Gasteiger partial charge in [-0.25, -0.2) is 0 Å².